The molecule has 9 heteroatoms. The maximum absolute atomic E-state index is 11.9. The standard InChI is InChI=1S/C18H33N5O4/c1-4-26-18(25)23-9-7-14(8-10-23)21-17(20-13-16(24)22(2)3)19-12-15-6-5-11-27-15/h14-15H,4-13H2,1-3H3,(H2,19,20,21). The van der Waals surface area contributed by atoms with E-state index in [0.717, 1.165) is 32.3 Å². The van der Waals surface area contributed by atoms with Crippen LogP contribution in [-0.4, -0.2) is 93.4 Å². The third-order valence-electron chi connectivity index (χ3n) is 4.75. The molecule has 0 radical (unpaired) electrons. The summed E-state index contributed by atoms with van der Waals surface area (Å²) in [7, 11) is 3.44. The SMILES string of the molecule is CCOC(=O)N1CCC(NC(=NCC(=O)N(C)C)NCC2CCCO2)CC1. The maximum Gasteiger partial charge on any atom is 0.409 e. The summed E-state index contributed by atoms with van der Waals surface area (Å²) in [6.07, 6.45) is 3.67. The van der Waals surface area contributed by atoms with Crippen molar-refractivity contribution in [3.8, 4) is 0 Å². The van der Waals surface area contributed by atoms with E-state index in [4.69, 9.17) is 9.47 Å². The van der Waals surface area contributed by atoms with Crippen molar-refractivity contribution in [2.45, 2.75) is 44.8 Å². The summed E-state index contributed by atoms with van der Waals surface area (Å²) in [6.45, 7) is 5.06. The highest BCUT2D eigenvalue weighted by Crippen LogP contribution is 2.12. The molecule has 2 saturated heterocycles. The van der Waals surface area contributed by atoms with E-state index in [1.807, 2.05) is 6.92 Å². The van der Waals surface area contributed by atoms with E-state index in [1.165, 1.54) is 4.90 Å². The maximum atomic E-state index is 11.9. The lowest BCUT2D eigenvalue weighted by Crippen LogP contribution is -2.51. The molecule has 0 spiro atoms. The van der Waals surface area contributed by atoms with Crippen LogP contribution >= 0.6 is 0 Å². The predicted molar refractivity (Wildman–Crippen MR) is 103 cm³/mol. The summed E-state index contributed by atoms with van der Waals surface area (Å²) < 4.78 is 10.7. The van der Waals surface area contributed by atoms with Crippen LogP contribution in [0.1, 0.15) is 32.6 Å². The first kappa shape index (κ1) is 21.3. The van der Waals surface area contributed by atoms with Crippen LogP contribution in [0.5, 0.6) is 0 Å². The Hall–Kier alpha value is -2.03. The van der Waals surface area contributed by atoms with Crippen LogP contribution in [0, 0.1) is 0 Å². The fourth-order valence-electron chi connectivity index (χ4n) is 3.07. The Morgan fingerprint density at radius 1 is 1.26 bits per heavy atom. The minimum atomic E-state index is -0.252. The minimum absolute atomic E-state index is 0.0506. The van der Waals surface area contributed by atoms with E-state index in [0.29, 0.717) is 32.2 Å². The van der Waals surface area contributed by atoms with Crippen molar-refractivity contribution in [1.82, 2.24) is 20.4 Å². The molecule has 2 fully saturated rings. The van der Waals surface area contributed by atoms with Crippen molar-refractivity contribution >= 4 is 18.0 Å². The third-order valence-corrected chi connectivity index (χ3v) is 4.75. The molecule has 0 bridgehead atoms. The molecule has 2 aliphatic heterocycles. The molecule has 1 unspecified atom stereocenters. The Balaban J connectivity index is 1.85. The Kier molecular flexibility index (Phi) is 8.63. The quantitative estimate of drug-likeness (QED) is 0.510. The van der Waals surface area contributed by atoms with Gasteiger partial charge in [0, 0.05) is 46.4 Å². The first-order valence-electron chi connectivity index (χ1n) is 9.78. The highest BCUT2D eigenvalue weighted by Gasteiger charge is 2.24. The van der Waals surface area contributed by atoms with E-state index in [9.17, 15) is 9.59 Å². The fraction of sp³-hybridized carbons (Fsp3) is 0.833. The van der Waals surface area contributed by atoms with Crippen molar-refractivity contribution < 1.29 is 19.1 Å². The highest BCUT2D eigenvalue weighted by molar-refractivity contribution is 5.85. The number of carbonyl (C=O) groups excluding carboxylic acids is 2. The molecular formula is C18H33N5O4. The van der Waals surface area contributed by atoms with Crippen LogP contribution in [-0.2, 0) is 14.3 Å². The van der Waals surface area contributed by atoms with E-state index in [1.54, 1.807) is 19.0 Å². The number of amides is 2. The van der Waals surface area contributed by atoms with E-state index in [-0.39, 0.29) is 30.7 Å². The average molecular weight is 383 g/mol. The van der Waals surface area contributed by atoms with Crippen LogP contribution in [0.4, 0.5) is 4.79 Å². The number of carbonyl (C=O) groups is 2. The Bertz CT molecular complexity index is 512. The fourth-order valence-corrected chi connectivity index (χ4v) is 3.07. The molecule has 0 aromatic rings. The summed E-state index contributed by atoms with van der Waals surface area (Å²) in [6, 6.07) is 0.195. The molecule has 0 aliphatic carbocycles. The van der Waals surface area contributed by atoms with Gasteiger partial charge in [0.1, 0.15) is 6.54 Å². The van der Waals surface area contributed by atoms with Gasteiger partial charge in [0.05, 0.1) is 12.7 Å². The van der Waals surface area contributed by atoms with Crippen molar-refractivity contribution in [3.05, 3.63) is 0 Å². The topological polar surface area (TPSA) is 95.5 Å². The normalized spacial score (nSPS) is 21.1. The molecule has 2 aliphatic rings. The summed E-state index contributed by atoms with van der Waals surface area (Å²) in [5, 5.41) is 6.69. The van der Waals surface area contributed by atoms with Crippen molar-refractivity contribution in [2.75, 3.05) is 53.5 Å². The number of nitrogens with zero attached hydrogens (tertiary/aromatic N) is 3. The number of piperidine rings is 1. The predicted octanol–water partition coefficient (Wildman–Crippen LogP) is 0.410. The first-order valence-corrected chi connectivity index (χ1v) is 9.78. The molecule has 2 heterocycles. The zero-order chi connectivity index (χ0) is 19.6. The van der Waals surface area contributed by atoms with Gasteiger partial charge in [-0.05, 0) is 32.6 Å². The lowest BCUT2D eigenvalue weighted by Gasteiger charge is -2.32. The summed E-state index contributed by atoms with van der Waals surface area (Å²) in [4.78, 5) is 31.4. The zero-order valence-corrected chi connectivity index (χ0v) is 16.7. The first-order chi connectivity index (χ1) is 13.0. The molecule has 0 aromatic carbocycles. The van der Waals surface area contributed by atoms with Gasteiger partial charge in [-0.3, -0.25) is 4.79 Å². The lowest BCUT2D eigenvalue weighted by atomic mass is 10.1. The third kappa shape index (κ3) is 7.24. The number of hydrogen-bond acceptors (Lipinski definition) is 5. The van der Waals surface area contributed by atoms with E-state index < -0.39 is 0 Å². The second-order valence-electron chi connectivity index (χ2n) is 7.07. The largest absolute Gasteiger partial charge is 0.450 e. The molecule has 0 saturated carbocycles. The Labute approximate surface area is 161 Å². The second kappa shape index (κ2) is 11.0. The van der Waals surface area contributed by atoms with Gasteiger partial charge in [0.2, 0.25) is 5.91 Å². The molecule has 27 heavy (non-hydrogen) atoms. The summed E-state index contributed by atoms with van der Waals surface area (Å²) >= 11 is 0. The number of likely N-dealkylation sites (tertiary alicyclic amines) is 1. The van der Waals surface area contributed by atoms with Gasteiger partial charge in [-0.1, -0.05) is 0 Å². The minimum Gasteiger partial charge on any atom is -0.450 e. The number of likely N-dealkylation sites (N-methyl/N-ethyl adjacent to an activating group) is 1. The molecule has 9 nitrogen and oxygen atoms in total. The lowest BCUT2D eigenvalue weighted by molar-refractivity contribution is -0.127. The molecule has 2 rings (SSSR count). The van der Waals surface area contributed by atoms with Crippen LogP contribution < -0.4 is 10.6 Å². The van der Waals surface area contributed by atoms with Gasteiger partial charge in [-0.15, -0.1) is 0 Å². The van der Waals surface area contributed by atoms with Crippen LogP contribution in [0.3, 0.4) is 0 Å². The second-order valence-corrected chi connectivity index (χ2v) is 7.07. The molecule has 154 valence electrons. The Morgan fingerprint density at radius 3 is 2.59 bits per heavy atom. The molecule has 0 aromatic heterocycles. The number of aliphatic imine (C=N–C) groups is 1. The van der Waals surface area contributed by atoms with Crippen LogP contribution in [0.2, 0.25) is 0 Å². The number of hydrogen-bond donors (Lipinski definition) is 2. The zero-order valence-electron chi connectivity index (χ0n) is 16.7. The van der Waals surface area contributed by atoms with Crippen LogP contribution in [0.25, 0.3) is 0 Å². The average Bonchev–Trinajstić information content (AvgIpc) is 3.18. The van der Waals surface area contributed by atoms with Gasteiger partial charge < -0.3 is 29.9 Å². The monoisotopic (exact) mass is 383 g/mol. The number of rotatable bonds is 6. The molecular weight excluding hydrogens is 350 g/mol. The van der Waals surface area contributed by atoms with E-state index >= 15 is 0 Å². The number of ether oxygens (including phenoxy) is 2. The summed E-state index contributed by atoms with van der Waals surface area (Å²) in [5.41, 5.74) is 0. The number of nitrogens with one attached hydrogen (secondary N) is 2. The van der Waals surface area contributed by atoms with E-state index in [2.05, 4.69) is 15.6 Å². The number of guanidine groups is 1. The highest BCUT2D eigenvalue weighted by atomic mass is 16.6. The van der Waals surface area contributed by atoms with Gasteiger partial charge in [0.15, 0.2) is 5.96 Å². The van der Waals surface area contributed by atoms with Crippen LogP contribution in [0.15, 0.2) is 4.99 Å². The van der Waals surface area contributed by atoms with Crippen molar-refractivity contribution in [1.29, 1.82) is 0 Å². The Morgan fingerprint density at radius 2 is 2.00 bits per heavy atom. The molecule has 2 amide bonds. The summed E-state index contributed by atoms with van der Waals surface area (Å²) in [5.74, 6) is 0.570. The van der Waals surface area contributed by atoms with Gasteiger partial charge in [-0.2, -0.15) is 0 Å². The van der Waals surface area contributed by atoms with Gasteiger partial charge >= 0.3 is 6.09 Å². The van der Waals surface area contributed by atoms with Crippen molar-refractivity contribution in [3.63, 3.8) is 0 Å². The van der Waals surface area contributed by atoms with Gasteiger partial charge in [-0.25, -0.2) is 9.79 Å². The van der Waals surface area contributed by atoms with Crippen molar-refractivity contribution in [2.24, 2.45) is 4.99 Å². The molecule has 1 atom stereocenters. The molecule has 2 N–H and O–H groups in total. The smallest absolute Gasteiger partial charge is 0.409 e. The van der Waals surface area contributed by atoms with Gasteiger partial charge in [0.25, 0.3) is 0 Å².